The highest BCUT2D eigenvalue weighted by molar-refractivity contribution is 7.10. The summed E-state index contributed by atoms with van der Waals surface area (Å²) in [6, 6.07) is 20.9. The molecule has 0 bridgehead atoms. The molecule has 28 heavy (non-hydrogen) atoms. The van der Waals surface area contributed by atoms with Crippen molar-refractivity contribution in [1.29, 1.82) is 0 Å². The molecule has 0 spiro atoms. The number of hydrogen-bond donors (Lipinski definition) is 2. The van der Waals surface area contributed by atoms with E-state index in [-0.39, 0.29) is 11.7 Å². The zero-order valence-electron chi connectivity index (χ0n) is 14.6. The minimum Gasteiger partial charge on any atom is -0.339 e. The van der Waals surface area contributed by atoms with Crippen molar-refractivity contribution >= 4 is 33.9 Å². The molecule has 5 nitrogen and oxygen atoms in total. The van der Waals surface area contributed by atoms with Gasteiger partial charge in [0.1, 0.15) is 16.6 Å². The van der Waals surface area contributed by atoms with E-state index in [0.717, 1.165) is 11.3 Å². The molecule has 4 aromatic rings. The Morgan fingerprint density at radius 1 is 0.964 bits per heavy atom. The van der Waals surface area contributed by atoms with Gasteiger partial charge in [-0.05, 0) is 41.9 Å². The van der Waals surface area contributed by atoms with E-state index in [1.54, 1.807) is 30.5 Å². The van der Waals surface area contributed by atoms with E-state index in [1.807, 2.05) is 36.4 Å². The van der Waals surface area contributed by atoms with Crippen molar-refractivity contribution < 1.29 is 9.18 Å². The number of nitrogens with zero attached hydrogens (tertiary/aromatic N) is 2. The fraction of sp³-hybridized carbons (Fsp3) is 0. The molecule has 0 saturated carbocycles. The molecule has 1 amide bonds. The Balaban J connectivity index is 1.54. The summed E-state index contributed by atoms with van der Waals surface area (Å²) < 4.78 is 17.8. The first-order chi connectivity index (χ1) is 13.7. The van der Waals surface area contributed by atoms with Crippen LogP contribution in [0.4, 0.5) is 20.9 Å². The largest absolute Gasteiger partial charge is 0.339 e. The summed E-state index contributed by atoms with van der Waals surface area (Å²) in [7, 11) is 0. The Hall–Kier alpha value is -3.58. The number of carbonyl (C=O) groups is 1. The van der Waals surface area contributed by atoms with Crippen LogP contribution in [0.2, 0.25) is 0 Å². The predicted molar refractivity (Wildman–Crippen MR) is 109 cm³/mol. The molecule has 138 valence electrons. The van der Waals surface area contributed by atoms with Crippen LogP contribution >= 0.6 is 11.5 Å². The highest BCUT2D eigenvalue weighted by Crippen LogP contribution is 2.26. The Bertz CT molecular complexity index is 1110. The quantitative estimate of drug-likeness (QED) is 0.483. The highest BCUT2D eigenvalue weighted by atomic mass is 32.1. The monoisotopic (exact) mass is 390 g/mol. The molecule has 2 aromatic heterocycles. The van der Waals surface area contributed by atoms with Crippen LogP contribution in [0.3, 0.4) is 0 Å². The van der Waals surface area contributed by atoms with E-state index < -0.39 is 0 Å². The Morgan fingerprint density at radius 3 is 2.64 bits per heavy atom. The smallest absolute Gasteiger partial charge is 0.260 e. The lowest BCUT2D eigenvalue weighted by Crippen LogP contribution is -2.14. The van der Waals surface area contributed by atoms with E-state index in [1.165, 1.54) is 23.7 Å². The SMILES string of the molecule is O=C(Nc1cc(-c2ccccc2)ns1)c1cccnc1Nc1cccc(F)c1. The lowest BCUT2D eigenvalue weighted by Gasteiger charge is -2.10. The van der Waals surface area contributed by atoms with Crippen LogP contribution in [0, 0.1) is 5.82 Å². The van der Waals surface area contributed by atoms with Gasteiger partial charge in [0.25, 0.3) is 5.91 Å². The topological polar surface area (TPSA) is 66.9 Å². The average molecular weight is 390 g/mol. The summed E-state index contributed by atoms with van der Waals surface area (Å²) in [5.74, 6) is -0.348. The molecule has 0 aliphatic carbocycles. The Kier molecular flexibility index (Phi) is 5.07. The van der Waals surface area contributed by atoms with Crippen molar-refractivity contribution in [1.82, 2.24) is 9.36 Å². The van der Waals surface area contributed by atoms with Gasteiger partial charge in [0.05, 0.1) is 11.3 Å². The van der Waals surface area contributed by atoms with Gasteiger partial charge in [0.2, 0.25) is 0 Å². The third-order valence-corrected chi connectivity index (χ3v) is 4.66. The second-order valence-electron chi connectivity index (χ2n) is 5.93. The molecule has 0 radical (unpaired) electrons. The first-order valence-corrected chi connectivity index (χ1v) is 9.27. The van der Waals surface area contributed by atoms with Gasteiger partial charge in [-0.15, -0.1) is 0 Å². The zero-order chi connectivity index (χ0) is 19.3. The first kappa shape index (κ1) is 17.8. The van der Waals surface area contributed by atoms with Gasteiger partial charge in [-0.3, -0.25) is 4.79 Å². The van der Waals surface area contributed by atoms with Crippen LogP contribution in [0.25, 0.3) is 11.3 Å². The Labute approximate surface area is 165 Å². The zero-order valence-corrected chi connectivity index (χ0v) is 15.4. The van der Waals surface area contributed by atoms with Crippen LogP contribution in [-0.2, 0) is 0 Å². The van der Waals surface area contributed by atoms with Crippen molar-refractivity contribution in [2.24, 2.45) is 0 Å². The Morgan fingerprint density at radius 2 is 1.82 bits per heavy atom. The number of carbonyl (C=O) groups excluding carboxylic acids is 1. The minimum atomic E-state index is -0.370. The van der Waals surface area contributed by atoms with Crippen molar-refractivity contribution in [2.45, 2.75) is 0 Å². The third kappa shape index (κ3) is 4.05. The molecule has 0 atom stereocenters. The molecular weight excluding hydrogens is 375 g/mol. The van der Waals surface area contributed by atoms with Crippen LogP contribution in [0.1, 0.15) is 10.4 Å². The number of rotatable bonds is 5. The molecule has 0 fully saturated rings. The van der Waals surface area contributed by atoms with E-state index in [4.69, 9.17) is 0 Å². The predicted octanol–water partition coefficient (Wildman–Crippen LogP) is 5.34. The number of nitrogens with one attached hydrogen (secondary N) is 2. The van der Waals surface area contributed by atoms with E-state index in [9.17, 15) is 9.18 Å². The fourth-order valence-electron chi connectivity index (χ4n) is 2.65. The number of benzene rings is 2. The standard InChI is InChI=1S/C21H15FN4OS/c22-15-8-4-9-16(12-15)24-20-17(10-5-11-23-20)21(27)25-19-13-18(26-28-19)14-6-2-1-3-7-14/h1-13H,(H,23,24)(H,25,27). The number of pyridine rings is 1. The van der Waals surface area contributed by atoms with Gasteiger partial charge in [-0.2, -0.15) is 4.37 Å². The highest BCUT2D eigenvalue weighted by Gasteiger charge is 2.15. The summed E-state index contributed by atoms with van der Waals surface area (Å²) >= 11 is 1.21. The maximum atomic E-state index is 13.4. The first-order valence-electron chi connectivity index (χ1n) is 8.50. The van der Waals surface area contributed by atoms with Crippen LogP contribution in [0.5, 0.6) is 0 Å². The van der Waals surface area contributed by atoms with Crippen molar-refractivity contribution in [3.63, 3.8) is 0 Å². The molecule has 0 aliphatic rings. The van der Waals surface area contributed by atoms with Crippen LogP contribution < -0.4 is 10.6 Å². The summed E-state index contributed by atoms with van der Waals surface area (Å²) in [4.78, 5) is 17.0. The minimum absolute atomic E-state index is 0.324. The van der Waals surface area contributed by atoms with E-state index >= 15 is 0 Å². The lowest BCUT2D eigenvalue weighted by atomic mass is 10.1. The molecular formula is C21H15FN4OS. The molecule has 7 heteroatoms. The molecule has 0 aliphatic heterocycles. The summed E-state index contributed by atoms with van der Waals surface area (Å²) in [6.07, 6.45) is 1.57. The average Bonchev–Trinajstić information content (AvgIpc) is 3.17. The number of aromatic nitrogens is 2. The fourth-order valence-corrected chi connectivity index (χ4v) is 3.31. The van der Waals surface area contributed by atoms with Crippen LogP contribution in [-0.4, -0.2) is 15.3 Å². The van der Waals surface area contributed by atoms with Gasteiger partial charge in [-0.1, -0.05) is 36.4 Å². The maximum Gasteiger partial charge on any atom is 0.260 e. The second-order valence-corrected chi connectivity index (χ2v) is 6.74. The summed E-state index contributed by atoms with van der Waals surface area (Å²) in [6.45, 7) is 0. The second kappa shape index (κ2) is 7.98. The number of halogens is 1. The normalized spacial score (nSPS) is 10.5. The van der Waals surface area contributed by atoms with Crippen molar-refractivity contribution in [3.8, 4) is 11.3 Å². The van der Waals surface area contributed by atoms with Crippen molar-refractivity contribution in [3.05, 3.63) is 90.4 Å². The van der Waals surface area contributed by atoms with Gasteiger partial charge in [0, 0.05) is 23.5 Å². The number of hydrogen-bond acceptors (Lipinski definition) is 5. The lowest BCUT2D eigenvalue weighted by molar-refractivity contribution is 0.102. The number of amides is 1. The van der Waals surface area contributed by atoms with Gasteiger partial charge in [0.15, 0.2) is 0 Å². The summed E-state index contributed by atoms with van der Waals surface area (Å²) in [5, 5.41) is 6.46. The van der Waals surface area contributed by atoms with E-state index in [0.29, 0.717) is 22.1 Å². The third-order valence-electron chi connectivity index (χ3n) is 3.96. The van der Waals surface area contributed by atoms with Gasteiger partial charge < -0.3 is 10.6 Å². The van der Waals surface area contributed by atoms with Crippen LogP contribution in [0.15, 0.2) is 79.0 Å². The molecule has 0 saturated heterocycles. The molecule has 2 aromatic carbocycles. The summed E-state index contributed by atoms with van der Waals surface area (Å²) in [5.41, 5.74) is 2.64. The van der Waals surface area contributed by atoms with Gasteiger partial charge >= 0.3 is 0 Å². The van der Waals surface area contributed by atoms with Gasteiger partial charge in [-0.25, -0.2) is 9.37 Å². The number of anilines is 3. The molecule has 0 unspecified atom stereocenters. The molecule has 2 heterocycles. The van der Waals surface area contributed by atoms with Crippen molar-refractivity contribution in [2.75, 3.05) is 10.6 Å². The van der Waals surface area contributed by atoms with E-state index in [2.05, 4.69) is 20.0 Å². The molecule has 4 rings (SSSR count). The molecule has 2 N–H and O–H groups in total. The maximum absolute atomic E-state index is 13.4.